The van der Waals surface area contributed by atoms with Gasteiger partial charge < -0.3 is 25.1 Å². The normalized spacial score (nSPS) is 25.7. The summed E-state index contributed by atoms with van der Waals surface area (Å²) in [6, 6.07) is 6.28. The number of morpholine rings is 1. The first-order chi connectivity index (χ1) is 17.3. The van der Waals surface area contributed by atoms with Gasteiger partial charge in [0.2, 0.25) is 0 Å². The van der Waals surface area contributed by atoms with Crippen LogP contribution in [-0.4, -0.2) is 85.1 Å². The summed E-state index contributed by atoms with van der Waals surface area (Å²) >= 11 is 0. The highest BCUT2D eigenvalue weighted by atomic mass is 19.1. The number of hydrogen-bond donors (Lipinski definition) is 2. The maximum atomic E-state index is 15.3. The number of hydrogen-bond acceptors (Lipinski definition) is 9. The quantitative estimate of drug-likeness (QED) is 0.537. The van der Waals surface area contributed by atoms with E-state index in [9.17, 15) is 4.79 Å². The van der Waals surface area contributed by atoms with E-state index in [4.69, 9.17) is 14.9 Å². The Labute approximate surface area is 210 Å². The Balaban J connectivity index is 1.42. The van der Waals surface area contributed by atoms with Crippen LogP contribution in [0.25, 0.3) is 0 Å². The van der Waals surface area contributed by atoms with Crippen molar-refractivity contribution < 1.29 is 18.7 Å². The van der Waals surface area contributed by atoms with Crippen molar-refractivity contribution >= 4 is 29.3 Å². The zero-order chi connectivity index (χ0) is 25.4. The van der Waals surface area contributed by atoms with Crippen molar-refractivity contribution in [2.75, 3.05) is 50.1 Å². The fourth-order valence-corrected chi connectivity index (χ4v) is 5.68. The van der Waals surface area contributed by atoms with Crippen molar-refractivity contribution in [1.82, 2.24) is 14.9 Å². The number of likely N-dealkylation sites (tertiary alicyclic amines) is 1. The van der Waals surface area contributed by atoms with Gasteiger partial charge in [-0.15, -0.1) is 0 Å². The summed E-state index contributed by atoms with van der Waals surface area (Å²) < 4.78 is 26.4. The molecule has 4 atom stereocenters. The van der Waals surface area contributed by atoms with Gasteiger partial charge in [-0.3, -0.25) is 9.69 Å². The van der Waals surface area contributed by atoms with Gasteiger partial charge in [-0.25, -0.2) is 4.39 Å². The molecule has 0 saturated carbocycles. The molecule has 0 aliphatic carbocycles. The number of ketones is 1. The number of benzene rings is 1. The molecule has 4 unspecified atom stereocenters. The minimum absolute atomic E-state index is 0.0487. The van der Waals surface area contributed by atoms with Crippen LogP contribution < -0.4 is 15.0 Å². The fraction of sp³-hybridized carbons (Fsp3) is 0.538. The fourth-order valence-electron chi connectivity index (χ4n) is 5.68. The number of nitrogens with zero attached hydrogens (tertiary/aromatic N) is 4. The largest absolute Gasteiger partial charge is 0.467 e. The van der Waals surface area contributed by atoms with Gasteiger partial charge in [0.25, 0.3) is 0 Å². The first kappa shape index (κ1) is 24.6. The van der Waals surface area contributed by atoms with Crippen LogP contribution in [0, 0.1) is 12.3 Å². The number of fused-ring (bicyclic) bond motifs is 2. The summed E-state index contributed by atoms with van der Waals surface area (Å²) in [4.78, 5) is 24.6. The molecule has 3 aliphatic heterocycles. The van der Waals surface area contributed by atoms with Crippen LogP contribution in [0.2, 0.25) is 0 Å². The summed E-state index contributed by atoms with van der Waals surface area (Å²) in [6.07, 6.45) is 2.06. The van der Waals surface area contributed by atoms with Gasteiger partial charge in [0.1, 0.15) is 23.6 Å². The van der Waals surface area contributed by atoms with Crippen LogP contribution in [0.3, 0.4) is 0 Å². The van der Waals surface area contributed by atoms with Gasteiger partial charge in [-0.05, 0) is 56.5 Å². The van der Waals surface area contributed by atoms with Crippen LogP contribution in [0.15, 0.2) is 18.2 Å². The number of rotatable bonds is 8. The molecule has 3 fully saturated rings. The van der Waals surface area contributed by atoms with E-state index in [1.807, 2.05) is 30.0 Å². The second-order valence-electron chi connectivity index (χ2n) is 10.0. The van der Waals surface area contributed by atoms with Crippen LogP contribution in [0.5, 0.6) is 6.01 Å². The molecular weight excluding hydrogens is 463 g/mol. The molecule has 2 N–H and O–H groups in total. The molecule has 3 aliphatic rings. The number of alkyl halides is 1. The molecule has 5 rings (SSSR count). The highest BCUT2D eigenvalue weighted by Gasteiger charge is 2.40. The van der Waals surface area contributed by atoms with Crippen LogP contribution in [0.1, 0.15) is 42.4 Å². The summed E-state index contributed by atoms with van der Waals surface area (Å²) in [6.45, 7) is 6.17. The first-order valence-electron chi connectivity index (χ1n) is 12.4. The number of anilines is 3. The summed E-state index contributed by atoms with van der Waals surface area (Å²) in [5.41, 5.74) is 3.23. The van der Waals surface area contributed by atoms with Gasteiger partial charge in [-0.1, -0.05) is 0 Å². The van der Waals surface area contributed by atoms with E-state index in [-0.39, 0.29) is 36.9 Å². The molecule has 2 bridgehead atoms. The molecule has 9 nitrogen and oxygen atoms in total. The van der Waals surface area contributed by atoms with E-state index in [2.05, 4.69) is 20.2 Å². The van der Waals surface area contributed by atoms with Crippen molar-refractivity contribution in [3.8, 4) is 6.01 Å². The van der Waals surface area contributed by atoms with E-state index >= 15 is 4.39 Å². The van der Waals surface area contributed by atoms with Crippen molar-refractivity contribution in [2.45, 2.75) is 50.9 Å². The molecule has 0 radical (unpaired) electrons. The van der Waals surface area contributed by atoms with E-state index < -0.39 is 6.17 Å². The van der Waals surface area contributed by atoms with Gasteiger partial charge >= 0.3 is 6.01 Å². The third-order valence-electron chi connectivity index (χ3n) is 7.40. The molecule has 1 aromatic heterocycles. The third-order valence-corrected chi connectivity index (χ3v) is 7.40. The Hall–Kier alpha value is -3.11. The number of aromatic nitrogens is 2. The topological polar surface area (TPSA) is 104 Å². The minimum atomic E-state index is -1.07. The molecule has 0 amide bonds. The predicted octanol–water partition coefficient (Wildman–Crippen LogP) is 3.23. The van der Waals surface area contributed by atoms with Crippen LogP contribution >= 0.6 is 0 Å². The van der Waals surface area contributed by atoms with Gasteiger partial charge in [0.05, 0.1) is 32.4 Å². The number of piperidine rings is 1. The smallest absolute Gasteiger partial charge is 0.320 e. The van der Waals surface area contributed by atoms with Crippen molar-refractivity contribution in [1.29, 1.82) is 5.41 Å². The first-order valence-corrected chi connectivity index (χ1v) is 12.4. The molecule has 36 heavy (non-hydrogen) atoms. The number of nitrogens with one attached hydrogen (secondary N) is 2. The average Bonchev–Trinajstić information content (AvgIpc) is 3.49. The second-order valence-corrected chi connectivity index (χ2v) is 10.0. The lowest BCUT2D eigenvalue weighted by molar-refractivity contribution is -0.118. The molecule has 10 heteroatoms. The Morgan fingerprint density at radius 1 is 1.33 bits per heavy atom. The Bertz CT molecular complexity index is 1160. The zero-order valence-corrected chi connectivity index (χ0v) is 21.0. The molecule has 0 spiro atoms. The SMILES string of the molecule is COc1nc(Nc2cc(C3CCN(CC(C)=O)CC3F)c(C)cc2C=N)cc(N2CC3CC2CO3)n1. The summed E-state index contributed by atoms with van der Waals surface area (Å²) in [5.74, 6) is 1.09. The number of aryl methyl sites for hydroxylation is 1. The lowest BCUT2D eigenvalue weighted by Gasteiger charge is -2.35. The van der Waals surface area contributed by atoms with Gasteiger partial charge in [0.15, 0.2) is 0 Å². The molecule has 1 aromatic carbocycles. The van der Waals surface area contributed by atoms with Gasteiger partial charge in [0, 0.05) is 42.5 Å². The molecular formula is C26H33FN6O3. The average molecular weight is 497 g/mol. The standard InChI is InChI=1S/C26H33FN6O3/c1-15-6-17(10-28)23(8-21(15)20-4-5-32(11-16(2)34)13-22(20)27)29-24-9-25(31-26(30-24)35-3)33-12-19-7-18(33)14-36-19/h6,8-10,18-20,22,28H,4-5,7,11-14H2,1-3H3,(H,29,30,31). The molecule has 4 heterocycles. The monoisotopic (exact) mass is 496 g/mol. The third kappa shape index (κ3) is 4.92. The number of carbonyl (C=O) groups excluding carboxylic acids is 1. The van der Waals surface area contributed by atoms with Gasteiger partial charge in [-0.2, -0.15) is 9.97 Å². The van der Waals surface area contributed by atoms with Crippen molar-refractivity contribution in [3.05, 3.63) is 34.9 Å². The van der Waals surface area contributed by atoms with Crippen molar-refractivity contribution in [2.24, 2.45) is 0 Å². The maximum Gasteiger partial charge on any atom is 0.320 e. The van der Waals surface area contributed by atoms with E-state index in [0.29, 0.717) is 42.7 Å². The Morgan fingerprint density at radius 3 is 2.81 bits per heavy atom. The van der Waals surface area contributed by atoms with Crippen LogP contribution in [0.4, 0.5) is 21.7 Å². The number of ether oxygens (including phenoxy) is 2. The highest BCUT2D eigenvalue weighted by Crippen LogP contribution is 2.37. The van der Waals surface area contributed by atoms with Crippen molar-refractivity contribution in [3.63, 3.8) is 0 Å². The minimum Gasteiger partial charge on any atom is -0.467 e. The lowest BCUT2D eigenvalue weighted by atomic mass is 9.84. The zero-order valence-electron chi connectivity index (χ0n) is 21.0. The number of carbonyl (C=O) groups is 1. The number of methoxy groups -OCH3 is 1. The van der Waals surface area contributed by atoms with E-state index in [0.717, 1.165) is 29.9 Å². The molecule has 192 valence electrons. The maximum absolute atomic E-state index is 15.3. The Morgan fingerprint density at radius 2 is 2.17 bits per heavy atom. The lowest BCUT2D eigenvalue weighted by Crippen LogP contribution is -2.42. The Kier molecular flexibility index (Phi) is 6.90. The second kappa shape index (κ2) is 10.1. The molecule has 3 saturated heterocycles. The number of halogens is 1. The van der Waals surface area contributed by atoms with E-state index in [1.165, 1.54) is 20.2 Å². The summed E-state index contributed by atoms with van der Waals surface area (Å²) in [7, 11) is 1.54. The number of Topliss-reactive ketones (excluding diaryl/α,β-unsaturated/α-hetero) is 1. The van der Waals surface area contributed by atoms with E-state index in [1.54, 1.807) is 0 Å². The highest BCUT2D eigenvalue weighted by molar-refractivity contribution is 5.88. The predicted molar refractivity (Wildman–Crippen MR) is 136 cm³/mol. The molecule has 2 aromatic rings. The van der Waals surface area contributed by atoms with Crippen LogP contribution in [-0.2, 0) is 9.53 Å². The summed E-state index contributed by atoms with van der Waals surface area (Å²) in [5, 5.41) is 11.3.